The Kier molecular flexibility index (Phi) is 7.91. The van der Waals surface area contributed by atoms with E-state index in [2.05, 4.69) is 15.4 Å². The van der Waals surface area contributed by atoms with E-state index >= 15 is 0 Å². The zero-order valence-electron chi connectivity index (χ0n) is 21.7. The molecule has 41 heavy (non-hydrogen) atoms. The Morgan fingerprint density at radius 3 is 2.05 bits per heavy atom. The number of aryl methyl sites for hydroxylation is 1. The molecule has 2 aromatic heterocycles. The Labute approximate surface area is 230 Å². The molecule has 1 spiro atoms. The van der Waals surface area contributed by atoms with Crippen molar-refractivity contribution < 1.29 is 41.0 Å². The lowest BCUT2D eigenvalue weighted by atomic mass is 9.77. The highest BCUT2D eigenvalue weighted by atomic mass is 19.4. The number of carbonyl (C=O) groups excluding carboxylic acids is 1. The summed E-state index contributed by atoms with van der Waals surface area (Å²) in [5.41, 5.74) is 7.19. The molecule has 3 aromatic rings. The zero-order chi connectivity index (χ0) is 30.2. The molecule has 4 N–H and O–H groups in total. The Hall–Kier alpha value is -4.30. The van der Waals surface area contributed by atoms with E-state index in [0.717, 1.165) is 11.1 Å². The molecule has 2 aliphatic heterocycles. The number of nitrogens with one attached hydrogen (secondary N) is 1. The van der Waals surface area contributed by atoms with Crippen molar-refractivity contribution in [1.29, 1.82) is 0 Å². The number of amides is 1. The van der Waals surface area contributed by atoms with Gasteiger partial charge < -0.3 is 21.1 Å². The number of carboxylic acids is 1. The van der Waals surface area contributed by atoms with Gasteiger partial charge in [0, 0.05) is 50.2 Å². The molecule has 2 saturated heterocycles. The molecule has 0 unspecified atom stereocenters. The highest BCUT2D eigenvalue weighted by Gasteiger charge is 2.46. The van der Waals surface area contributed by atoms with E-state index < -0.39 is 35.1 Å². The molecular formula is C26H26F6N6O3. The van der Waals surface area contributed by atoms with Gasteiger partial charge >= 0.3 is 18.3 Å². The van der Waals surface area contributed by atoms with Crippen LogP contribution in [0.2, 0.25) is 0 Å². The fraction of sp³-hybridized carbons (Fsp3) is 0.385. The number of halogens is 6. The third-order valence-electron chi connectivity index (χ3n) is 7.25. The molecule has 2 fully saturated rings. The van der Waals surface area contributed by atoms with Crippen molar-refractivity contribution in [1.82, 2.24) is 20.1 Å². The Morgan fingerprint density at radius 2 is 1.59 bits per heavy atom. The van der Waals surface area contributed by atoms with Crippen LogP contribution < -0.4 is 16.0 Å². The van der Waals surface area contributed by atoms with Gasteiger partial charge in [-0.1, -0.05) is 24.3 Å². The van der Waals surface area contributed by atoms with Crippen LogP contribution >= 0.6 is 0 Å². The molecule has 0 atom stereocenters. The number of piperidine rings is 1. The predicted molar refractivity (Wildman–Crippen MR) is 136 cm³/mol. The van der Waals surface area contributed by atoms with E-state index in [1.165, 1.54) is 6.20 Å². The molecule has 0 saturated carbocycles. The summed E-state index contributed by atoms with van der Waals surface area (Å²) in [5, 5.41) is 14.2. The molecule has 9 nitrogen and oxygen atoms in total. The van der Waals surface area contributed by atoms with Gasteiger partial charge in [-0.25, -0.2) is 9.78 Å². The number of nitrogens with two attached hydrogens (primary N) is 1. The van der Waals surface area contributed by atoms with Gasteiger partial charge in [-0.2, -0.15) is 31.4 Å². The average Bonchev–Trinajstić information content (AvgIpc) is 3.49. The molecular weight excluding hydrogens is 558 g/mol. The quantitative estimate of drug-likeness (QED) is 0.388. The van der Waals surface area contributed by atoms with E-state index in [1.807, 2.05) is 25.4 Å². The SMILES string of the molecule is Cn1cc(-c2ccc(-c3cnc(N)c(C(F)(F)F)c3N3CCC4(CCNC4=O)CC3)cc2)cn1.O=C(O)C(F)(F)F. The first-order valence-electron chi connectivity index (χ1n) is 12.4. The number of alkyl halides is 6. The minimum Gasteiger partial charge on any atom is -0.475 e. The summed E-state index contributed by atoms with van der Waals surface area (Å²) in [4.78, 5) is 26.9. The van der Waals surface area contributed by atoms with Crippen LogP contribution in [0.15, 0.2) is 42.9 Å². The van der Waals surface area contributed by atoms with Crippen molar-refractivity contribution in [3.63, 3.8) is 0 Å². The average molecular weight is 585 g/mol. The maximum absolute atomic E-state index is 14.2. The lowest BCUT2D eigenvalue weighted by molar-refractivity contribution is -0.192. The molecule has 1 aromatic carbocycles. The summed E-state index contributed by atoms with van der Waals surface area (Å²) in [5.74, 6) is -3.30. The standard InChI is InChI=1S/C24H25F3N6O.C2HF3O2/c1-32-14-17(12-31-32)15-2-4-16(5-3-15)18-13-30-21(28)19(24(25,26)27)20(18)33-10-7-23(8-11-33)6-9-29-22(23)34;3-2(4,5)1(6)7/h2-5,12-14H,6-11H2,1H3,(H2,28,30)(H,29,34);(H,6,7). The number of nitrogens with zero attached hydrogens (tertiary/aromatic N) is 4. The number of aliphatic carboxylic acids is 1. The normalized spacial score (nSPS) is 16.8. The summed E-state index contributed by atoms with van der Waals surface area (Å²) in [7, 11) is 1.82. The first-order valence-corrected chi connectivity index (χ1v) is 12.4. The molecule has 4 heterocycles. The third kappa shape index (κ3) is 6.23. The van der Waals surface area contributed by atoms with Gasteiger partial charge in [0.25, 0.3) is 0 Å². The van der Waals surface area contributed by atoms with Crippen LogP contribution in [0, 0.1) is 5.41 Å². The van der Waals surface area contributed by atoms with Gasteiger partial charge in [-0.15, -0.1) is 0 Å². The van der Waals surface area contributed by atoms with Gasteiger partial charge in [0.15, 0.2) is 0 Å². The molecule has 2 aliphatic rings. The van der Waals surface area contributed by atoms with Gasteiger partial charge in [-0.3, -0.25) is 9.48 Å². The second kappa shape index (κ2) is 10.9. The summed E-state index contributed by atoms with van der Waals surface area (Å²) < 4.78 is 76.0. The molecule has 1 amide bonds. The van der Waals surface area contributed by atoms with Crippen molar-refractivity contribution in [2.45, 2.75) is 31.6 Å². The molecule has 220 valence electrons. The van der Waals surface area contributed by atoms with Crippen LogP contribution in [0.25, 0.3) is 22.3 Å². The van der Waals surface area contributed by atoms with Gasteiger partial charge in [-0.05, 0) is 30.4 Å². The number of rotatable bonds is 3. The highest BCUT2D eigenvalue weighted by molar-refractivity contribution is 5.87. The molecule has 0 aliphatic carbocycles. The molecule has 0 radical (unpaired) electrons. The lowest BCUT2D eigenvalue weighted by Gasteiger charge is -2.40. The fourth-order valence-electron chi connectivity index (χ4n) is 5.10. The van der Waals surface area contributed by atoms with Crippen molar-refractivity contribution in [2.24, 2.45) is 12.5 Å². The number of pyridine rings is 1. The summed E-state index contributed by atoms with van der Waals surface area (Å²) in [6, 6.07) is 7.28. The van der Waals surface area contributed by atoms with Crippen LogP contribution in [-0.2, 0) is 22.8 Å². The van der Waals surface area contributed by atoms with E-state index in [9.17, 15) is 31.1 Å². The third-order valence-corrected chi connectivity index (χ3v) is 7.25. The number of carbonyl (C=O) groups is 2. The first kappa shape index (κ1) is 29.7. The fourth-order valence-corrected chi connectivity index (χ4v) is 5.10. The second-order valence-electron chi connectivity index (χ2n) is 9.83. The topological polar surface area (TPSA) is 126 Å². The van der Waals surface area contributed by atoms with Gasteiger partial charge in [0.1, 0.15) is 11.4 Å². The van der Waals surface area contributed by atoms with Crippen LogP contribution in [0.3, 0.4) is 0 Å². The van der Waals surface area contributed by atoms with Crippen LogP contribution in [-0.4, -0.2) is 57.6 Å². The summed E-state index contributed by atoms with van der Waals surface area (Å²) in [6.45, 7) is 1.28. The Bertz CT molecular complexity index is 1430. The number of carboxylic acid groups (broad SMARTS) is 1. The van der Waals surface area contributed by atoms with Crippen LogP contribution in [0.4, 0.5) is 37.8 Å². The highest BCUT2D eigenvalue weighted by Crippen LogP contribution is 2.47. The Balaban J connectivity index is 0.000000493. The minimum atomic E-state index is -5.08. The summed E-state index contributed by atoms with van der Waals surface area (Å²) >= 11 is 0. The number of benzene rings is 1. The number of anilines is 2. The van der Waals surface area contributed by atoms with Crippen molar-refractivity contribution in [2.75, 3.05) is 30.3 Å². The van der Waals surface area contributed by atoms with E-state index in [0.29, 0.717) is 50.0 Å². The monoisotopic (exact) mass is 584 g/mol. The molecule has 0 bridgehead atoms. The number of aromatic nitrogens is 3. The van der Waals surface area contributed by atoms with E-state index in [4.69, 9.17) is 15.6 Å². The predicted octanol–water partition coefficient (Wildman–Crippen LogP) is 4.49. The van der Waals surface area contributed by atoms with Gasteiger partial charge in [0.05, 0.1) is 17.3 Å². The smallest absolute Gasteiger partial charge is 0.475 e. The number of nitrogen functional groups attached to an aromatic ring is 1. The number of hydrogen-bond donors (Lipinski definition) is 3. The number of hydrogen-bond acceptors (Lipinski definition) is 6. The maximum atomic E-state index is 14.2. The van der Waals surface area contributed by atoms with Crippen molar-refractivity contribution >= 4 is 23.4 Å². The van der Waals surface area contributed by atoms with Crippen molar-refractivity contribution in [3.05, 3.63) is 48.4 Å². The van der Waals surface area contributed by atoms with E-state index in [-0.39, 0.29) is 11.6 Å². The zero-order valence-corrected chi connectivity index (χ0v) is 21.7. The van der Waals surface area contributed by atoms with Crippen molar-refractivity contribution in [3.8, 4) is 22.3 Å². The summed E-state index contributed by atoms with van der Waals surface area (Å²) in [6.07, 6.45) is -3.03. The molecule has 5 rings (SSSR count). The largest absolute Gasteiger partial charge is 0.490 e. The first-order chi connectivity index (χ1) is 19.1. The van der Waals surface area contributed by atoms with Crippen LogP contribution in [0.5, 0.6) is 0 Å². The maximum Gasteiger partial charge on any atom is 0.490 e. The van der Waals surface area contributed by atoms with E-state index in [1.54, 1.807) is 27.9 Å². The van der Waals surface area contributed by atoms with Gasteiger partial charge in [0.2, 0.25) is 5.91 Å². The van der Waals surface area contributed by atoms with Crippen LogP contribution in [0.1, 0.15) is 24.8 Å². The lowest BCUT2D eigenvalue weighted by Crippen LogP contribution is -2.44. The Morgan fingerprint density at radius 1 is 1.00 bits per heavy atom. The molecule has 15 heteroatoms. The minimum absolute atomic E-state index is 0.00338. The second-order valence-corrected chi connectivity index (χ2v) is 9.83.